The Kier molecular flexibility index (Phi) is 3.71. The highest BCUT2D eigenvalue weighted by Gasteiger charge is 2.44. The Morgan fingerprint density at radius 3 is 2.65 bits per heavy atom. The molecule has 3 fully saturated rings. The molecule has 0 N–H and O–H groups in total. The molecule has 3 aliphatic heterocycles. The predicted molar refractivity (Wildman–Crippen MR) is 74.1 cm³/mol. The molecule has 3 saturated heterocycles. The van der Waals surface area contributed by atoms with Gasteiger partial charge in [0.15, 0.2) is 0 Å². The van der Waals surface area contributed by atoms with Crippen LogP contribution in [0.4, 0.5) is 0 Å². The highest BCUT2D eigenvalue weighted by molar-refractivity contribution is 5.90. The van der Waals surface area contributed by atoms with Crippen molar-refractivity contribution in [2.24, 2.45) is 0 Å². The second kappa shape index (κ2) is 5.35. The zero-order valence-corrected chi connectivity index (χ0v) is 12.3. The van der Waals surface area contributed by atoms with E-state index in [1.165, 1.54) is 0 Å². The van der Waals surface area contributed by atoms with Crippen LogP contribution in [0.3, 0.4) is 0 Å². The molecular weight excluding hydrogens is 256 g/mol. The third-order valence-electron chi connectivity index (χ3n) is 5.15. The Balaban J connectivity index is 1.84. The molecule has 0 aromatic heterocycles. The lowest BCUT2D eigenvalue weighted by Gasteiger charge is -2.45. The zero-order chi connectivity index (χ0) is 14.2. The summed E-state index contributed by atoms with van der Waals surface area (Å²) < 4.78 is 5.43. The number of piperidine rings is 1. The fourth-order valence-electron chi connectivity index (χ4n) is 3.74. The minimum atomic E-state index is -0.210. The fraction of sp³-hybridized carbons (Fsp3) is 0.867. The standard InChI is InChI=1S/C15H24N2O3/c1-15(6-10-20-11-7-15)17-9-5-13(18)16-8-3-2-4-12(16)14(17)19/h12H,2-11H2,1H3. The molecule has 5 heteroatoms. The Labute approximate surface area is 120 Å². The van der Waals surface area contributed by atoms with E-state index < -0.39 is 0 Å². The Morgan fingerprint density at radius 1 is 1.15 bits per heavy atom. The molecule has 1 unspecified atom stereocenters. The summed E-state index contributed by atoms with van der Waals surface area (Å²) in [5.41, 5.74) is -0.136. The number of rotatable bonds is 1. The lowest BCUT2D eigenvalue weighted by molar-refractivity contribution is -0.148. The number of carbonyl (C=O) groups is 2. The summed E-state index contributed by atoms with van der Waals surface area (Å²) >= 11 is 0. The van der Waals surface area contributed by atoms with Gasteiger partial charge in [-0.25, -0.2) is 0 Å². The second-order valence-corrected chi connectivity index (χ2v) is 6.45. The maximum atomic E-state index is 12.9. The minimum absolute atomic E-state index is 0.136. The van der Waals surface area contributed by atoms with Gasteiger partial charge in [-0.1, -0.05) is 0 Å². The lowest BCUT2D eigenvalue weighted by atomic mass is 9.89. The van der Waals surface area contributed by atoms with Crippen LogP contribution < -0.4 is 0 Å². The first-order valence-electron chi connectivity index (χ1n) is 7.80. The first-order chi connectivity index (χ1) is 9.62. The molecule has 3 rings (SSSR count). The largest absolute Gasteiger partial charge is 0.381 e. The van der Waals surface area contributed by atoms with Crippen molar-refractivity contribution in [3.8, 4) is 0 Å². The maximum absolute atomic E-state index is 12.9. The Bertz CT molecular complexity index is 404. The molecular formula is C15H24N2O3. The molecule has 20 heavy (non-hydrogen) atoms. The third-order valence-corrected chi connectivity index (χ3v) is 5.15. The van der Waals surface area contributed by atoms with Crippen LogP contribution in [0, 0.1) is 0 Å². The third kappa shape index (κ3) is 2.32. The number of ether oxygens (including phenoxy) is 1. The van der Waals surface area contributed by atoms with E-state index >= 15 is 0 Å². The van der Waals surface area contributed by atoms with E-state index in [0.29, 0.717) is 26.2 Å². The number of amides is 2. The molecule has 1 atom stereocenters. The number of fused-ring (bicyclic) bond motifs is 1. The summed E-state index contributed by atoms with van der Waals surface area (Å²) in [4.78, 5) is 29.0. The van der Waals surface area contributed by atoms with Crippen molar-refractivity contribution >= 4 is 11.8 Å². The van der Waals surface area contributed by atoms with Crippen molar-refractivity contribution in [2.45, 2.75) is 57.0 Å². The summed E-state index contributed by atoms with van der Waals surface area (Å²) in [5.74, 6) is 0.321. The van der Waals surface area contributed by atoms with Gasteiger partial charge in [-0.05, 0) is 39.0 Å². The first-order valence-corrected chi connectivity index (χ1v) is 7.80. The van der Waals surface area contributed by atoms with Crippen LogP contribution in [-0.4, -0.2) is 59.5 Å². The minimum Gasteiger partial charge on any atom is -0.381 e. The quantitative estimate of drug-likeness (QED) is 0.724. The number of hydrogen-bond donors (Lipinski definition) is 0. The topological polar surface area (TPSA) is 49.9 Å². The molecule has 3 aliphatic rings. The number of carbonyl (C=O) groups excluding carboxylic acids is 2. The van der Waals surface area contributed by atoms with Crippen molar-refractivity contribution in [2.75, 3.05) is 26.3 Å². The molecule has 0 aliphatic carbocycles. The molecule has 0 radical (unpaired) electrons. The maximum Gasteiger partial charge on any atom is 0.245 e. The average Bonchev–Trinajstić information content (AvgIpc) is 2.59. The van der Waals surface area contributed by atoms with Crippen molar-refractivity contribution in [3.63, 3.8) is 0 Å². The molecule has 0 spiro atoms. The van der Waals surface area contributed by atoms with Gasteiger partial charge in [-0.3, -0.25) is 9.59 Å². The normalized spacial score (nSPS) is 30.9. The van der Waals surface area contributed by atoms with Crippen LogP contribution >= 0.6 is 0 Å². The Morgan fingerprint density at radius 2 is 1.90 bits per heavy atom. The molecule has 0 bridgehead atoms. The highest BCUT2D eigenvalue weighted by atomic mass is 16.5. The summed E-state index contributed by atoms with van der Waals surface area (Å²) in [7, 11) is 0. The van der Waals surface area contributed by atoms with E-state index in [-0.39, 0.29) is 23.4 Å². The van der Waals surface area contributed by atoms with Crippen LogP contribution in [0.1, 0.15) is 45.4 Å². The van der Waals surface area contributed by atoms with Crippen molar-refractivity contribution in [1.82, 2.24) is 9.80 Å². The van der Waals surface area contributed by atoms with Gasteiger partial charge in [-0.2, -0.15) is 0 Å². The van der Waals surface area contributed by atoms with Crippen molar-refractivity contribution < 1.29 is 14.3 Å². The van der Waals surface area contributed by atoms with Crippen LogP contribution in [0.15, 0.2) is 0 Å². The molecule has 0 saturated carbocycles. The molecule has 2 amide bonds. The van der Waals surface area contributed by atoms with Crippen molar-refractivity contribution in [3.05, 3.63) is 0 Å². The van der Waals surface area contributed by atoms with Gasteiger partial charge in [-0.15, -0.1) is 0 Å². The van der Waals surface area contributed by atoms with E-state index in [1.54, 1.807) is 0 Å². The first kappa shape index (κ1) is 13.9. The van der Waals surface area contributed by atoms with Crippen molar-refractivity contribution in [1.29, 1.82) is 0 Å². The van der Waals surface area contributed by atoms with Gasteiger partial charge >= 0.3 is 0 Å². The molecule has 112 valence electrons. The van der Waals surface area contributed by atoms with Gasteiger partial charge in [0, 0.05) is 38.3 Å². The molecule has 0 aromatic rings. The zero-order valence-electron chi connectivity index (χ0n) is 12.3. The van der Waals surface area contributed by atoms with Crippen LogP contribution in [-0.2, 0) is 14.3 Å². The summed E-state index contributed by atoms with van der Waals surface area (Å²) in [6, 6.07) is -0.210. The second-order valence-electron chi connectivity index (χ2n) is 6.45. The fourth-order valence-corrected chi connectivity index (χ4v) is 3.74. The van der Waals surface area contributed by atoms with Gasteiger partial charge in [0.05, 0.1) is 0 Å². The summed E-state index contributed by atoms with van der Waals surface area (Å²) in [5, 5.41) is 0. The number of hydrogen-bond acceptors (Lipinski definition) is 3. The van der Waals surface area contributed by atoms with Gasteiger partial charge < -0.3 is 14.5 Å². The monoisotopic (exact) mass is 280 g/mol. The smallest absolute Gasteiger partial charge is 0.245 e. The Hall–Kier alpha value is -1.10. The van der Waals surface area contributed by atoms with Crippen LogP contribution in [0.5, 0.6) is 0 Å². The van der Waals surface area contributed by atoms with E-state index in [4.69, 9.17) is 4.74 Å². The SMILES string of the molecule is CC1(N2CCC(=O)N3CCCCC3C2=O)CCOCC1. The predicted octanol–water partition coefficient (Wildman–Crippen LogP) is 1.17. The molecule has 3 heterocycles. The van der Waals surface area contributed by atoms with Crippen LogP contribution in [0.2, 0.25) is 0 Å². The molecule has 0 aromatic carbocycles. The summed E-state index contributed by atoms with van der Waals surface area (Å²) in [6.45, 7) is 4.89. The summed E-state index contributed by atoms with van der Waals surface area (Å²) in [6.07, 6.45) is 5.13. The van der Waals surface area contributed by atoms with Gasteiger partial charge in [0.2, 0.25) is 11.8 Å². The number of nitrogens with zero attached hydrogens (tertiary/aromatic N) is 2. The van der Waals surface area contributed by atoms with E-state index in [9.17, 15) is 9.59 Å². The van der Waals surface area contributed by atoms with E-state index in [2.05, 4.69) is 6.92 Å². The van der Waals surface area contributed by atoms with E-state index in [0.717, 1.165) is 38.6 Å². The van der Waals surface area contributed by atoms with Gasteiger partial charge in [0.25, 0.3) is 0 Å². The highest BCUT2D eigenvalue weighted by Crippen LogP contribution is 2.32. The van der Waals surface area contributed by atoms with E-state index in [1.807, 2.05) is 9.80 Å². The lowest BCUT2D eigenvalue weighted by Crippen LogP contribution is -2.57. The van der Waals surface area contributed by atoms with Crippen LogP contribution in [0.25, 0.3) is 0 Å². The average molecular weight is 280 g/mol. The van der Waals surface area contributed by atoms with Gasteiger partial charge in [0.1, 0.15) is 6.04 Å². The molecule has 5 nitrogen and oxygen atoms in total.